The van der Waals surface area contributed by atoms with E-state index in [1.54, 1.807) is 33.4 Å². The van der Waals surface area contributed by atoms with Gasteiger partial charge < -0.3 is 41.4 Å². The second-order valence-electron chi connectivity index (χ2n) is 31.2. The Labute approximate surface area is 519 Å². The monoisotopic (exact) mass is 1190 g/mol. The van der Waals surface area contributed by atoms with Crippen molar-refractivity contribution in [1.82, 2.24) is 25.8 Å². The van der Waals surface area contributed by atoms with E-state index in [9.17, 15) is 24.6 Å². The molecule has 7 N–H and O–H groups in total. The van der Waals surface area contributed by atoms with Gasteiger partial charge in [0.15, 0.2) is 0 Å². The van der Waals surface area contributed by atoms with E-state index in [1.807, 2.05) is 6.92 Å². The summed E-state index contributed by atoms with van der Waals surface area (Å²) in [5, 5.41) is 30.1. The van der Waals surface area contributed by atoms with Crippen molar-refractivity contribution < 1.29 is 34.1 Å². The number of carbonyl (C=O) groups is 3. The normalized spacial score (nSPS) is 42.2. The molecular weight excluding hydrogens is 1070 g/mol. The molecule has 13 nitrogen and oxygen atoms in total. The molecule has 4 saturated carbocycles. The number of aliphatic hydroxyl groups excluding tert-OH is 2. The van der Waals surface area contributed by atoms with Crippen LogP contribution in [0.5, 0.6) is 0 Å². The van der Waals surface area contributed by atoms with Crippen LogP contribution in [0.15, 0.2) is 45.6 Å². The maximum atomic E-state index is 12.6. The summed E-state index contributed by atoms with van der Waals surface area (Å²) in [4.78, 5) is 41.7. The van der Waals surface area contributed by atoms with Gasteiger partial charge in [-0.3, -0.25) is 24.2 Å². The van der Waals surface area contributed by atoms with Crippen molar-refractivity contribution in [2.24, 2.45) is 75.7 Å². The number of nitrogens with zero attached hydrogens (tertiary/aromatic N) is 2. The van der Waals surface area contributed by atoms with Crippen LogP contribution in [0.1, 0.15) is 223 Å². The fourth-order valence-electron chi connectivity index (χ4n) is 21.8. The highest BCUT2D eigenvalue weighted by atomic mass is 16.5. The first-order valence-corrected chi connectivity index (χ1v) is 35.7. The highest BCUT2D eigenvalue weighted by Gasteiger charge is 2.64. The van der Waals surface area contributed by atoms with Gasteiger partial charge in [-0.2, -0.15) is 0 Å². The van der Waals surface area contributed by atoms with Crippen LogP contribution in [0.4, 0.5) is 0 Å². The topological polar surface area (TPSA) is 179 Å². The van der Waals surface area contributed by atoms with Crippen molar-refractivity contribution in [3.8, 4) is 0 Å². The number of fused-ring (bicyclic) bond motifs is 12. The Hall–Kier alpha value is -2.91. The molecule has 2 spiro atoms. The smallest absolute Gasteiger partial charge is 0.220 e. The summed E-state index contributed by atoms with van der Waals surface area (Å²) in [6, 6.07) is 0.826. The van der Waals surface area contributed by atoms with Gasteiger partial charge in [-0.15, -0.1) is 0 Å². The molecule has 0 unspecified atom stereocenters. The van der Waals surface area contributed by atoms with Gasteiger partial charge in [0, 0.05) is 89.0 Å². The van der Waals surface area contributed by atoms with Crippen molar-refractivity contribution in [2.75, 3.05) is 52.4 Å². The van der Waals surface area contributed by atoms with Crippen LogP contribution in [0.2, 0.25) is 0 Å². The molecule has 0 aromatic rings. The van der Waals surface area contributed by atoms with Crippen LogP contribution < -0.4 is 21.7 Å². The summed E-state index contributed by atoms with van der Waals surface area (Å²) >= 11 is 0. The molecule has 0 bridgehead atoms. The molecular formula is C73H118N6O7. The quantitative estimate of drug-likeness (QED) is 0.0572. The van der Waals surface area contributed by atoms with Crippen LogP contribution in [0.25, 0.3) is 0 Å². The Morgan fingerprint density at radius 3 is 1.48 bits per heavy atom. The average Bonchev–Trinajstić information content (AvgIpc) is 2.91. The second kappa shape index (κ2) is 26.7. The predicted molar refractivity (Wildman–Crippen MR) is 343 cm³/mol. The number of ether oxygens (including phenoxy) is 2. The Morgan fingerprint density at radius 1 is 0.593 bits per heavy atom. The van der Waals surface area contributed by atoms with Gasteiger partial charge in [-0.1, -0.05) is 95.8 Å². The zero-order valence-corrected chi connectivity index (χ0v) is 55.1. The number of hydrogen-bond acceptors (Lipinski definition) is 10. The zero-order valence-electron chi connectivity index (χ0n) is 55.1. The standard InChI is InChI=1S/C38H61N3O4.C35H57N3O3/c1-6-34(43)39-17-9-7-8-10-35(44)40-18-19-41-23-24(2)20-33-36(41)26(4)38(45-33)16-14-29-30-12-11-27-21-28(42)13-15-37(27,5)32(30)22-31(29)25(38)3;1-22-18-31-33(38(21-22)17-16-37-32(40)8-6-5-7-15-36)24(3)35(41-31)14-12-27-28-10-9-25-19-26(39)11-13-34(25,4)30(28)20-29(27)23(35)2/h11,24,26,28-30,32-33,36,42H,6-10,12-23H2,1-5H3,(H,39,43)(H,40,44);9,22,24,26-28,30-31,33,39H,5-8,10-21,36H2,1-4H3,(H,37,40)/t24-,26+,28-,29-,30-,32-,33+,36-,37-,38-;22-,24+,26-,27-,28-,30-,31+,33-,34-,35-/m00/s1. The number of allylic oxidation sites excluding steroid dienone is 4. The summed E-state index contributed by atoms with van der Waals surface area (Å²) in [6.07, 6.45) is 30.5. The molecule has 86 heavy (non-hydrogen) atoms. The van der Waals surface area contributed by atoms with Crippen LogP contribution in [0, 0.1) is 70.0 Å². The van der Waals surface area contributed by atoms with Gasteiger partial charge in [-0.05, 0) is 218 Å². The third-order valence-electron chi connectivity index (χ3n) is 26.5. The van der Waals surface area contributed by atoms with E-state index < -0.39 is 0 Å². The summed E-state index contributed by atoms with van der Waals surface area (Å²) in [5.41, 5.74) is 15.5. The SMILES string of the molecule is CC1=C2C[C@H]3[C@@H](CC=C4C[C@@H](O)CC[C@@]43C)[C@@H]2CC[C@]12O[C@@H]1C[C@H](C)CN(CCNC(=O)CCCCCN)[C@H]1[C@H]2C.CCC(=O)NCCCCCC(=O)NCCN1C[C@@H](C)C[C@H]2O[C@]3(CC[C@@H]4C(=C3C)C[C@H]3[C@H]4CC=C4C[C@@H](O)CC[C@@]43C)[C@H](C)[C@@H]21. The number of hydrogen-bond donors (Lipinski definition) is 6. The number of rotatable bonds is 18. The van der Waals surface area contributed by atoms with E-state index in [-0.39, 0.29) is 64.2 Å². The summed E-state index contributed by atoms with van der Waals surface area (Å²) < 4.78 is 14.6. The Morgan fingerprint density at radius 2 is 1.03 bits per heavy atom. The molecule has 0 aromatic heterocycles. The van der Waals surface area contributed by atoms with Crippen molar-refractivity contribution in [1.29, 1.82) is 0 Å². The lowest BCUT2D eigenvalue weighted by Crippen LogP contribution is -2.54. The minimum atomic E-state index is -0.156. The summed E-state index contributed by atoms with van der Waals surface area (Å²) in [5.74, 6) is 6.83. The lowest BCUT2D eigenvalue weighted by molar-refractivity contribution is -0.122. The molecule has 8 fully saturated rings. The molecule has 482 valence electrons. The first-order valence-electron chi connectivity index (χ1n) is 35.7. The molecule has 3 amide bonds. The van der Waals surface area contributed by atoms with Gasteiger partial charge >= 0.3 is 0 Å². The van der Waals surface area contributed by atoms with Gasteiger partial charge in [-0.25, -0.2) is 0 Å². The maximum absolute atomic E-state index is 12.6. The number of likely N-dealkylation sites (tertiary alicyclic amines) is 2. The number of piperidine rings is 2. The number of unbranched alkanes of at least 4 members (excludes halogenated alkanes) is 4. The van der Waals surface area contributed by atoms with Gasteiger partial charge in [0.05, 0.1) is 35.6 Å². The molecule has 4 saturated heterocycles. The summed E-state index contributed by atoms with van der Waals surface area (Å²) in [7, 11) is 0. The van der Waals surface area contributed by atoms with E-state index in [2.05, 4.69) is 93.3 Å². The van der Waals surface area contributed by atoms with Crippen molar-refractivity contribution >= 4 is 17.7 Å². The fraction of sp³-hybridized carbons (Fsp3) is 0.849. The molecule has 12 aliphatic rings. The Balaban J connectivity index is 0.000000179. The lowest BCUT2D eigenvalue weighted by Gasteiger charge is -2.49. The molecule has 4 heterocycles. The molecule has 13 heteroatoms. The van der Waals surface area contributed by atoms with E-state index >= 15 is 0 Å². The Bertz CT molecular complexity index is 2580. The lowest BCUT2D eigenvalue weighted by atomic mass is 9.56. The maximum Gasteiger partial charge on any atom is 0.220 e. The molecule has 4 aliphatic heterocycles. The van der Waals surface area contributed by atoms with E-state index in [1.165, 1.54) is 38.5 Å². The molecule has 20 atom stereocenters. The first kappa shape index (κ1) is 64.6. The van der Waals surface area contributed by atoms with Crippen LogP contribution in [-0.4, -0.2) is 138 Å². The van der Waals surface area contributed by atoms with Gasteiger partial charge in [0.2, 0.25) is 17.7 Å². The van der Waals surface area contributed by atoms with E-state index in [0.717, 1.165) is 153 Å². The van der Waals surface area contributed by atoms with Crippen LogP contribution >= 0.6 is 0 Å². The Kier molecular flexibility index (Phi) is 20.1. The number of nitrogens with one attached hydrogen (secondary N) is 3. The predicted octanol–water partition coefficient (Wildman–Crippen LogP) is 11.3. The van der Waals surface area contributed by atoms with Crippen LogP contribution in [-0.2, 0) is 23.9 Å². The molecule has 0 radical (unpaired) electrons. The minimum Gasteiger partial charge on any atom is -0.393 e. The van der Waals surface area contributed by atoms with Crippen molar-refractivity contribution in [3.63, 3.8) is 0 Å². The highest BCUT2D eigenvalue weighted by Crippen LogP contribution is 2.67. The van der Waals surface area contributed by atoms with Crippen molar-refractivity contribution in [3.05, 3.63) is 45.6 Å². The minimum absolute atomic E-state index is 0.0950. The van der Waals surface area contributed by atoms with Crippen molar-refractivity contribution in [2.45, 2.75) is 271 Å². The molecule has 0 aromatic carbocycles. The zero-order chi connectivity index (χ0) is 60.9. The van der Waals surface area contributed by atoms with Gasteiger partial charge in [0.1, 0.15) is 0 Å². The largest absolute Gasteiger partial charge is 0.393 e. The average molecular weight is 1190 g/mol. The van der Waals surface area contributed by atoms with E-state index in [0.29, 0.717) is 92.4 Å². The molecule has 12 rings (SSSR count). The fourth-order valence-corrected chi connectivity index (χ4v) is 21.8. The number of aliphatic hydroxyl groups is 2. The van der Waals surface area contributed by atoms with Crippen LogP contribution in [0.3, 0.4) is 0 Å². The number of carbonyl (C=O) groups excluding carboxylic acids is 3. The van der Waals surface area contributed by atoms with E-state index in [4.69, 9.17) is 15.2 Å². The van der Waals surface area contributed by atoms with Gasteiger partial charge in [0.25, 0.3) is 0 Å². The number of amides is 3. The first-order chi connectivity index (χ1) is 41.2. The number of nitrogens with two attached hydrogens (primary N) is 1. The third kappa shape index (κ3) is 12.2. The summed E-state index contributed by atoms with van der Waals surface area (Å²) in [6.45, 7) is 28.2. The third-order valence-corrected chi connectivity index (χ3v) is 26.5. The highest BCUT2D eigenvalue weighted by molar-refractivity contribution is 5.76. The molecule has 8 aliphatic carbocycles. The second-order valence-corrected chi connectivity index (χ2v) is 31.2.